The second-order valence-corrected chi connectivity index (χ2v) is 9.97. The van der Waals surface area contributed by atoms with Gasteiger partial charge >= 0.3 is 24.3 Å². The minimum atomic E-state index is -4.78. The normalized spacial score (nSPS) is 20.0. The number of hydrogen-bond donors (Lipinski definition) is 4. The topological polar surface area (TPSA) is 154 Å². The molecule has 4 rings (SSSR count). The van der Waals surface area contributed by atoms with Crippen LogP contribution in [0.25, 0.3) is 0 Å². The van der Waals surface area contributed by atoms with E-state index in [0.717, 1.165) is 19.1 Å². The van der Waals surface area contributed by atoms with Gasteiger partial charge in [0.1, 0.15) is 11.9 Å². The highest BCUT2D eigenvalue weighted by atomic mass is 19.4. The SMILES string of the molecule is C[C@H](N(Cc1ccc(F)cc1)C(=O)CC1C[C@@]2(OC(=O)NC2=O)c2ccc(NC(=O)NCCC(=O)O)cc21)C(F)(F)F. The molecule has 42 heavy (non-hydrogen) atoms. The predicted molar refractivity (Wildman–Crippen MR) is 136 cm³/mol. The smallest absolute Gasteiger partial charge is 0.415 e. The molecule has 0 aromatic heterocycles. The van der Waals surface area contributed by atoms with Crippen LogP contribution in [0, 0.1) is 5.82 Å². The maximum Gasteiger partial charge on any atom is 0.415 e. The molecule has 1 saturated heterocycles. The van der Waals surface area contributed by atoms with Crippen molar-refractivity contribution in [1.82, 2.24) is 15.5 Å². The van der Waals surface area contributed by atoms with E-state index >= 15 is 0 Å². The molecule has 15 heteroatoms. The minimum absolute atomic E-state index is 0.163. The summed E-state index contributed by atoms with van der Waals surface area (Å²) in [6.07, 6.45) is -6.90. The molecule has 0 radical (unpaired) electrons. The van der Waals surface area contributed by atoms with E-state index in [9.17, 15) is 41.5 Å². The molecule has 1 unspecified atom stereocenters. The number of alkyl halides is 3. The Morgan fingerprint density at radius 1 is 1.17 bits per heavy atom. The fourth-order valence-electron chi connectivity index (χ4n) is 5.02. The highest BCUT2D eigenvalue weighted by Gasteiger charge is 2.57. The number of carbonyl (C=O) groups excluding carboxylic acids is 4. The molecule has 11 nitrogen and oxygen atoms in total. The maximum atomic E-state index is 13.8. The van der Waals surface area contributed by atoms with Crippen molar-refractivity contribution in [3.8, 4) is 0 Å². The lowest BCUT2D eigenvalue weighted by molar-refractivity contribution is -0.187. The van der Waals surface area contributed by atoms with E-state index in [1.54, 1.807) is 0 Å². The number of halogens is 4. The molecular weight excluding hydrogens is 568 g/mol. The lowest BCUT2D eigenvalue weighted by Gasteiger charge is -2.32. The molecule has 1 spiro atoms. The number of anilines is 1. The standard InChI is InChI=1S/C27H26F4N4O7/c1-14(27(29,30)31)35(13-15-2-4-17(28)5-3-15)21(36)10-16-12-26(23(39)34-25(41)42-26)20-7-6-18(11-19(16)20)33-24(40)32-9-8-22(37)38/h2-7,11,14,16H,8-10,12-13H2,1H3,(H,37,38)(H2,32,33,40)(H,34,39,41)/t14-,16?,26+/m0/s1. The van der Waals surface area contributed by atoms with Crippen LogP contribution in [0.15, 0.2) is 42.5 Å². The molecule has 2 aromatic carbocycles. The van der Waals surface area contributed by atoms with Crippen molar-refractivity contribution < 1.29 is 51.4 Å². The van der Waals surface area contributed by atoms with Gasteiger partial charge in [-0.05, 0) is 48.2 Å². The second kappa shape index (κ2) is 11.7. The quantitative estimate of drug-likeness (QED) is 0.323. The third kappa shape index (κ3) is 6.44. The van der Waals surface area contributed by atoms with Crippen LogP contribution in [0.5, 0.6) is 0 Å². The van der Waals surface area contributed by atoms with E-state index in [1.807, 2.05) is 5.32 Å². The Labute approximate surface area is 236 Å². The van der Waals surface area contributed by atoms with Gasteiger partial charge in [-0.2, -0.15) is 13.2 Å². The molecule has 1 aliphatic carbocycles. The fourth-order valence-corrected chi connectivity index (χ4v) is 5.02. The third-order valence-corrected chi connectivity index (χ3v) is 7.14. The van der Waals surface area contributed by atoms with Gasteiger partial charge in [0.15, 0.2) is 0 Å². The number of ether oxygens (including phenoxy) is 1. The van der Waals surface area contributed by atoms with Crippen LogP contribution in [0.1, 0.15) is 48.8 Å². The van der Waals surface area contributed by atoms with E-state index in [4.69, 9.17) is 9.84 Å². The Morgan fingerprint density at radius 2 is 1.86 bits per heavy atom. The number of benzene rings is 2. The Kier molecular flexibility index (Phi) is 8.40. The molecule has 224 valence electrons. The number of amides is 5. The number of imide groups is 1. The number of carboxylic acids is 1. The van der Waals surface area contributed by atoms with Crippen molar-refractivity contribution in [2.45, 2.75) is 56.5 Å². The Balaban J connectivity index is 1.63. The first-order valence-corrected chi connectivity index (χ1v) is 12.8. The van der Waals surface area contributed by atoms with Crippen molar-refractivity contribution in [2.75, 3.05) is 11.9 Å². The Morgan fingerprint density at radius 3 is 2.45 bits per heavy atom. The van der Waals surface area contributed by atoms with Crippen LogP contribution >= 0.6 is 0 Å². The largest absolute Gasteiger partial charge is 0.481 e. The van der Waals surface area contributed by atoms with Gasteiger partial charge in [-0.25, -0.2) is 14.0 Å². The minimum Gasteiger partial charge on any atom is -0.481 e. The number of hydrogen-bond acceptors (Lipinski definition) is 6. The van der Waals surface area contributed by atoms with Crippen molar-refractivity contribution in [2.24, 2.45) is 0 Å². The van der Waals surface area contributed by atoms with Gasteiger partial charge in [0.25, 0.3) is 5.91 Å². The van der Waals surface area contributed by atoms with Gasteiger partial charge in [-0.15, -0.1) is 0 Å². The summed E-state index contributed by atoms with van der Waals surface area (Å²) in [4.78, 5) is 61.7. The number of rotatable bonds is 9. The van der Waals surface area contributed by atoms with Crippen LogP contribution < -0.4 is 16.0 Å². The number of carbonyl (C=O) groups is 5. The Hall–Kier alpha value is -4.69. The molecule has 4 N–H and O–H groups in total. The summed E-state index contributed by atoms with van der Waals surface area (Å²) >= 11 is 0. The fraction of sp³-hybridized carbons (Fsp3) is 0.370. The van der Waals surface area contributed by atoms with Gasteiger partial charge < -0.3 is 25.4 Å². The van der Waals surface area contributed by atoms with Crippen LogP contribution in [0.4, 0.5) is 32.8 Å². The lowest BCUT2D eigenvalue weighted by Crippen LogP contribution is -2.46. The molecule has 1 heterocycles. The molecule has 1 fully saturated rings. The second-order valence-electron chi connectivity index (χ2n) is 9.97. The van der Waals surface area contributed by atoms with Crippen molar-refractivity contribution in [1.29, 1.82) is 0 Å². The number of carboxylic acid groups (broad SMARTS) is 1. The zero-order chi connectivity index (χ0) is 30.8. The first-order valence-electron chi connectivity index (χ1n) is 12.8. The monoisotopic (exact) mass is 594 g/mol. The van der Waals surface area contributed by atoms with Crippen molar-refractivity contribution in [3.63, 3.8) is 0 Å². The highest BCUT2D eigenvalue weighted by molar-refractivity contribution is 6.04. The first kappa shape index (κ1) is 30.3. The van der Waals surface area contributed by atoms with E-state index < -0.39 is 72.4 Å². The van der Waals surface area contributed by atoms with Gasteiger partial charge in [-0.1, -0.05) is 18.2 Å². The van der Waals surface area contributed by atoms with E-state index in [2.05, 4.69) is 10.6 Å². The molecule has 0 bridgehead atoms. The number of urea groups is 1. The van der Waals surface area contributed by atoms with Gasteiger partial charge in [0.2, 0.25) is 11.5 Å². The van der Waals surface area contributed by atoms with Crippen LogP contribution in [-0.2, 0) is 31.3 Å². The number of nitrogens with one attached hydrogen (secondary N) is 3. The summed E-state index contributed by atoms with van der Waals surface area (Å²) in [5, 5.41) is 15.6. The van der Waals surface area contributed by atoms with Crippen molar-refractivity contribution in [3.05, 3.63) is 65.0 Å². The molecular formula is C27H26F4N4O7. The van der Waals surface area contributed by atoms with Gasteiger partial charge in [0, 0.05) is 37.2 Å². The van der Waals surface area contributed by atoms with E-state index in [-0.39, 0.29) is 41.8 Å². The summed E-state index contributed by atoms with van der Waals surface area (Å²) in [5.74, 6) is -4.35. The van der Waals surface area contributed by atoms with E-state index in [1.165, 1.54) is 30.3 Å². The van der Waals surface area contributed by atoms with Gasteiger partial charge in [-0.3, -0.25) is 19.7 Å². The number of alkyl carbamates (subject to hydrolysis) is 1. The van der Waals surface area contributed by atoms with Crippen molar-refractivity contribution >= 4 is 35.6 Å². The lowest BCUT2D eigenvalue weighted by atomic mass is 9.94. The van der Waals surface area contributed by atoms with Gasteiger partial charge in [0.05, 0.1) is 6.42 Å². The van der Waals surface area contributed by atoms with E-state index in [0.29, 0.717) is 4.90 Å². The third-order valence-electron chi connectivity index (χ3n) is 7.14. The first-order chi connectivity index (χ1) is 19.7. The summed E-state index contributed by atoms with van der Waals surface area (Å²) in [6, 6.07) is 5.91. The van der Waals surface area contributed by atoms with Crippen LogP contribution in [0.3, 0.4) is 0 Å². The summed E-state index contributed by atoms with van der Waals surface area (Å²) in [5.41, 5.74) is -0.898. The van der Waals surface area contributed by atoms with Crippen LogP contribution in [-0.4, -0.2) is 58.7 Å². The number of fused-ring (bicyclic) bond motifs is 2. The predicted octanol–water partition coefficient (Wildman–Crippen LogP) is 3.74. The summed E-state index contributed by atoms with van der Waals surface area (Å²) in [6.45, 7) is 0.185. The Bertz CT molecular complexity index is 1420. The summed E-state index contributed by atoms with van der Waals surface area (Å²) < 4.78 is 60.0. The molecule has 0 saturated carbocycles. The molecule has 2 aliphatic rings. The molecule has 1 aliphatic heterocycles. The average Bonchev–Trinajstić information content (AvgIpc) is 3.36. The molecule has 2 aromatic rings. The molecule has 5 amide bonds. The highest BCUT2D eigenvalue weighted by Crippen LogP contribution is 2.51. The number of aliphatic carboxylic acids is 1. The average molecular weight is 595 g/mol. The summed E-state index contributed by atoms with van der Waals surface area (Å²) in [7, 11) is 0. The number of nitrogens with zero attached hydrogens (tertiary/aromatic N) is 1. The molecule has 3 atom stereocenters. The zero-order valence-electron chi connectivity index (χ0n) is 22.1. The zero-order valence-corrected chi connectivity index (χ0v) is 22.1. The maximum absolute atomic E-state index is 13.8. The van der Waals surface area contributed by atoms with Crippen LogP contribution in [0.2, 0.25) is 0 Å².